The third-order valence-electron chi connectivity index (χ3n) is 4.22. The summed E-state index contributed by atoms with van der Waals surface area (Å²) >= 11 is 0. The average Bonchev–Trinajstić information content (AvgIpc) is 2.74. The van der Waals surface area contributed by atoms with Crippen LogP contribution in [0.25, 0.3) is 0 Å². The normalized spacial score (nSPS) is 10.2. The molecule has 3 aromatic rings. The molecule has 0 fully saturated rings. The molecule has 1 aromatic heterocycles. The molecular weight excluding hydrogens is 368 g/mol. The molecule has 7 heteroatoms. The van der Waals surface area contributed by atoms with E-state index in [4.69, 9.17) is 4.74 Å². The summed E-state index contributed by atoms with van der Waals surface area (Å²) in [4.78, 5) is 31.4. The average molecular weight is 390 g/mol. The predicted octanol–water partition coefficient (Wildman–Crippen LogP) is 3.66. The molecule has 0 aliphatic carbocycles. The van der Waals surface area contributed by atoms with Crippen molar-refractivity contribution in [3.8, 4) is 5.75 Å². The monoisotopic (exact) mass is 390 g/mol. The molecular formula is C22H22N4O3. The molecule has 0 saturated carbocycles. The van der Waals surface area contributed by atoms with Gasteiger partial charge in [-0.15, -0.1) is 0 Å². The first-order valence-electron chi connectivity index (χ1n) is 8.97. The smallest absolute Gasteiger partial charge is 0.257 e. The van der Waals surface area contributed by atoms with E-state index in [0.29, 0.717) is 28.3 Å². The number of carbonyl (C=O) groups excluding carboxylic acids is 2. The lowest BCUT2D eigenvalue weighted by Gasteiger charge is -2.13. The van der Waals surface area contributed by atoms with Crippen LogP contribution in [0.15, 0.2) is 66.9 Å². The van der Waals surface area contributed by atoms with Gasteiger partial charge in [-0.25, -0.2) is 4.98 Å². The molecule has 7 nitrogen and oxygen atoms in total. The molecule has 3 rings (SSSR count). The molecule has 0 unspecified atom stereocenters. The van der Waals surface area contributed by atoms with Crippen LogP contribution in [0, 0.1) is 0 Å². The van der Waals surface area contributed by atoms with Crippen molar-refractivity contribution in [1.82, 2.24) is 4.98 Å². The van der Waals surface area contributed by atoms with Crippen molar-refractivity contribution in [3.05, 3.63) is 78.0 Å². The minimum absolute atomic E-state index is 0.338. The van der Waals surface area contributed by atoms with Gasteiger partial charge in [0.15, 0.2) is 0 Å². The number of pyridine rings is 1. The Morgan fingerprint density at radius 1 is 0.931 bits per heavy atom. The van der Waals surface area contributed by atoms with Crippen LogP contribution in [0.3, 0.4) is 0 Å². The van der Waals surface area contributed by atoms with Crippen molar-refractivity contribution < 1.29 is 14.3 Å². The minimum Gasteiger partial charge on any atom is -0.497 e. The maximum Gasteiger partial charge on any atom is 0.257 e. The van der Waals surface area contributed by atoms with E-state index in [0.717, 1.165) is 5.82 Å². The number of amides is 2. The zero-order chi connectivity index (χ0) is 20.8. The second-order valence-corrected chi connectivity index (χ2v) is 6.49. The van der Waals surface area contributed by atoms with Gasteiger partial charge in [-0.05, 0) is 36.4 Å². The minimum atomic E-state index is -0.343. The van der Waals surface area contributed by atoms with Crippen molar-refractivity contribution in [1.29, 1.82) is 0 Å². The molecule has 2 amide bonds. The summed E-state index contributed by atoms with van der Waals surface area (Å²) in [6.45, 7) is 0. The Morgan fingerprint density at radius 3 is 2.41 bits per heavy atom. The van der Waals surface area contributed by atoms with E-state index in [2.05, 4.69) is 15.6 Å². The van der Waals surface area contributed by atoms with Gasteiger partial charge >= 0.3 is 0 Å². The molecule has 0 radical (unpaired) electrons. The van der Waals surface area contributed by atoms with Gasteiger partial charge in [0.1, 0.15) is 11.6 Å². The summed E-state index contributed by atoms with van der Waals surface area (Å²) < 4.78 is 5.17. The van der Waals surface area contributed by atoms with Crippen LogP contribution in [0.4, 0.5) is 17.2 Å². The van der Waals surface area contributed by atoms with Gasteiger partial charge in [0.25, 0.3) is 11.8 Å². The third kappa shape index (κ3) is 4.90. The highest BCUT2D eigenvalue weighted by Crippen LogP contribution is 2.21. The van der Waals surface area contributed by atoms with Crippen LogP contribution in [0.2, 0.25) is 0 Å². The van der Waals surface area contributed by atoms with Crippen LogP contribution in [-0.4, -0.2) is 38.0 Å². The van der Waals surface area contributed by atoms with Crippen molar-refractivity contribution in [2.45, 2.75) is 0 Å². The third-order valence-corrected chi connectivity index (χ3v) is 4.22. The number of rotatable bonds is 6. The zero-order valence-corrected chi connectivity index (χ0v) is 16.5. The number of anilines is 3. The molecule has 2 aromatic carbocycles. The fourth-order valence-electron chi connectivity index (χ4n) is 2.67. The van der Waals surface area contributed by atoms with Gasteiger partial charge in [0, 0.05) is 32.0 Å². The molecule has 0 aliphatic rings. The Balaban J connectivity index is 1.77. The first-order valence-corrected chi connectivity index (χ1v) is 8.97. The Morgan fingerprint density at radius 2 is 1.72 bits per heavy atom. The predicted molar refractivity (Wildman–Crippen MR) is 114 cm³/mol. The van der Waals surface area contributed by atoms with Gasteiger partial charge in [-0.3, -0.25) is 9.59 Å². The molecule has 0 atom stereocenters. The first kappa shape index (κ1) is 19.9. The van der Waals surface area contributed by atoms with Crippen LogP contribution in [-0.2, 0) is 0 Å². The standard InChI is InChI=1S/C22H22N4O3/c1-26(2)20-12-11-15(14-23-20)21(27)25-19-10-5-4-9-18(19)22(28)24-16-7-6-8-17(13-16)29-3/h4-14H,1-3H3,(H,24,28)(H,25,27). The van der Waals surface area contributed by atoms with Gasteiger partial charge in [-0.1, -0.05) is 18.2 Å². The summed E-state index contributed by atoms with van der Waals surface area (Å²) in [5.41, 5.74) is 1.76. The fourth-order valence-corrected chi connectivity index (χ4v) is 2.67. The topological polar surface area (TPSA) is 83.6 Å². The fraction of sp³-hybridized carbons (Fsp3) is 0.136. The van der Waals surface area contributed by atoms with E-state index in [1.807, 2.05) is 19.0 Å². The Labute approximate surface area is 169 Å². The van der Waals surface area contributed by atoms with Gasteiger partial charge in [0.2, 0.25) is 0 Å². The Bertz CT molecular complexity index is 1020. The van der Waals surface area contributed by atoms with Crippen molar-refractivity contribution in [3.63, 3.8) is 0 Å². The number of methoxy groups -OCH3 is 1. The van der Waals surface area contributed by atoms with Crippen LogP contribution < -0.4 is 20.3 Å². The van der Waals surface area contributed by atoms with Gasteiger partial charge in [0.05, 0.1) is 23.9 Å². The SMILES string of the molecule is COc1cccc(NC(=O)c2ccccc2NC(=O)c2ccc(N(C)C)nc2)c1. The van der Waals surface area contributed by atoms with Gasteiger partial charge in [-0.2, -0.15) is 0 Å². The van der Waals surface area contributed by atoms with Crippen LogP contribution in [0.5, 0.6) is 5.75 Å². The summed E-state index contributed by atoms with van der Waals surface area (Å²) in [5, 5.41) is 5.60. The summed E-state index contributed by atoms with van der Waals surface area (Å²) in [6.07, 6.45) is 1.50. The number of hydrogen-bond donors (Lipinski definition) is 2. The maximum atomic E-state index is 12.8. The lowest BCUT2D eigenvalue weighted by Crippen LogP contribution is -2.18. The number of nitrogens with one attached hydrogen (secondary N) is 2. The summed E-state index contributed by atoms with van der Waals surface area (Å²) in [5.74, 6) is 0.706. The van der Waals surface area contributed by atoms with Crippen LogP contribution in [0.1, 0.15) is 20.7 Å². The number of ether oxygens (including phenoxy) is 1. The quantitative estimate of drug-likeness (QED) is 0.671. The van der Waals surface area contributed by atoms with E-state index < -0.39 is 0 Å². The number of hydrogen-bond acceptors (Lipinski definition) is 5. The molecule has 148 valence electrons. The first-order chi connectivity index (χ1) is 14.0. The number of benzene rings is 2. The zero-order valence-electron chi connectivity index (χ0n) is 16.5. The van der Waals surface area contributed by atoms with Gasteiger partial charge < -0.3 is 20.3 Å². The number of aromatic nitrogens is 1. The summed E-state index contributed by atoms with van der Waals surface area (Å²) in [7, 11) is 5.31. The van der Waals surface area contributed by atoms with Crippen LogP contribution >= 0.6 is 0 Å². The Hall–Kier alpha value is -3.87. The molecule has 0 bridgehead atoms. The summed E-state index contributed by atoms with van der Waals surface area (Å²) in [6, 6.07) is 17.3. The highest BCUT2D eigenvalue weighted by Gasteiger charge is 2.15. The van der Waals surface area contributed by atoms with Crippen molar-refractivity contribution in [2.24, 2.45) is 0 Å². The van der Waals surface area contributed by atoms with E-state index in [1.54, 1.807) is 67.8 Å². The number of carbonyl (C=O) groups is 2. The molecule has 0 aliphatic heterocycles. The molecule has 0 saturated heterocycles. The van der Waals surface area contributed by atoms with E-state index in [9.17, 15) is 9.59 Å². The highest BCUT2D eigenvalue weighted by molar-refractivity contribution is 6.12. The number of nitrogens with zero attached hydrogens (tertiary/aromatic N) is 2. The number of para-hydroxylation sites is 1. The highest BCUT2D eigenvalue weighted by atomic mass is 16.5. The second-order valence-electron chi connectivity index (χ2n) is 6.49. The van der Waals surface area contributed by atoms with E-state index in [-0.39, 0.29) is 11.8 Å². The maximum absolute atomic E-state index is 12.8. The molecule has 1 heterocycles. The lowest BCUT2D eigenvalue weighted by atomic mass is 10.1. The van der Waals surface area contributed by atoms with Crippen molar-refractivity contribution >= 4 is 29.0 Å². The Kier molecular flexibility index (Phi) is 6.09. The van der Waals surface area contributed by atoms with Crippen molar-refractivity contribution in [2.75, 3.05) is 36.7 Å². The lowest BCUT2D eigenvalue weighted by molar-refractivity contribution is 0.102. The molecule has 2 N–H and O–H groups in total. The molecule has 0 spiro atoms. The molecule has 29 heavy (non-hydrogen) atoms. The second kappa shape index (κ2) is 8.88. The van der Waals surface area contributed by atoms with E-state index >= 15 is 0 Å². The van der Waals surface area contributed by atoms with E-state index in [1.165, 1.54) is 6.20 Å². The largest absolute Gasteiger partial charge is 0.497 e.